The van der Waals surface area contributed by atoms with Crippen LogP contribution in [0.5, 0.6) is 5.75 Å². The number of rotatable bonds is 3. The van der Waals surface area contributed by atoms with Gasteiger partial charge in [-0.15, -0.1) is 0 Å². The Morgan fingerprint density at radius 3 is 2.70 bits per heavy atom. The Balaban J connectivity index is 2.50. The van der Waals surface area contributed by atoms with E-state index in [2.05, 4.69) is 26.2 Å². The summed E-state index contributed by atoms with van der Waals surface area (Å²) in [7, 11) is 0. The average molecular weight is 339 g/mol. The number of amides is 1. The van der Waals surface area contributed by atoms with E-state index in [9.17, 15) is 14.7 Å². The molecule has 0 aliphatic rings. The van der Waals surface area contributed by atoms with Gasteiger partial charge < -0.3 is 15.5 Å². The second-order valence-electron chi connectivity index (χ2n) is 4.23. The van der Waals surface area contributed by atoms with Crippen molar-refractivity contribution >= 4 is 38.6 Å². The average Bonchev–Trinajstić information content (AvgIpc) is 2.40. The molecule has 0 aliphatic heterocycles. The smallest absolute Gasteiger partial charge is 0.322 e. The van der Waals surface area contributed by atoms with E-state index >= 15 is 0 Å². The third-order valence-electron chi connectivity index (χ3n) is 2.70. The lowest BCUT2D eigenvalue weighted by Crippen LogP contribution is -2.30. The quantitative estimate of drug-likeness (QED) is 0.741. The zero-order valence-corrected chi connectivity index (χ0v) is 12.1. The molecule has 6 nitrogen and oxygen atoms in total. The molecular formula is C13H11BrN2O4. The Morgan fingerprint density at radius 1 is 1.35 bits per heavy atom. The third-order valence-corrected chi connectivity index (χ3v) is 3.31. The number of carbonyl (C=O) groups excluding carboxylic acids is 1. The number of aromatic hydroxyl groups is 1. The van der Waals surface area contributed by atoms with Crippen LogP contribution in [0.1, 0.15) is 16.1 Å². The lowest BCUT2D eigenvalue weighted by Gasteiger charge is -2.09. The number of carbonyl (C=O) groups is 2. The third kappa shape index (κ3) is 2.72. The molecule has 0 saturated heterocycles. The normalized spacial score (nSPS) is 10.5. The SMILES string of the molecule is Cc1ccc2c(O)c(C(=O)NCC(=O)O)nc(Br)c2c1. The molecule has 3 N–H and O–H groups in total. The maximum atomic E-state index is 11.8. The van der Waals surface area contributed by atoms with Crippen molar-refractivity contribution in [3.05, 3.63) is 34.1 Å². The van der Waals surface area contributed by atoms with Crippen molar-refractivity contribution in [1.29, 1.82) is 0 Å². The standard InChI is InChI=1S/C13H11BrN2O4/c1-6-2-3-7-8(4-6)12(14)16-10(11(7)19)13(20)15-5-9(17)18/h2-4,19H,5H2,1H3,(H,15,20)(H,17,18). The topological polar surface area (TPSA) is 99.5 Å². The van der Waals surface area contributed by atoms with Gasteiger partial charge in [-0.1, -0.05) is 17.7 Å². The summed E-state index contributed by atoms with van der Waals surface area (Å²) in [5.74, 6) is -2.19. The Hall–Kier alpha value is -2.15. The molecule has 2 rings (SSSR count). The Kier molecular flexibility index (Phi) is 3.89. The van der Waals surface area contributed by atoms with Gasteiger partial charge in [0, 0.05) is 10.8 Å². The van der Waals surface area contributed by atoms with Crippen LogP contribution in [0.3, 0.4) is 0 Å². The molecule has 0 radical (unpaired) electrons. The summed E-state index contributed by atoms with van der Waals surface area (Å²) in [6.45, 7) is 1.36. The van der Waals surface area contributed by atoms with Gasteiger partial charge in [-0.2, -0.15) is 0 Å². The molecular weight excluding hydrogens is 328 g/mol. The number of hydrogen-bond acceptors (Lipinski definition) is 4. The Morgan fingerprint density at radius 2 is 2.05 bits per heavy atom. The number of pyridine rings is 1. The van der Waals surface area contributed by atoms with Gasteiger partial charge in [0.25, 0.3) is 5.91 Å². The van der Waals surface area contributed by atoms with E-state index in [1.165, 1.54) is 0 Å². The van der Waals surface area contributed by atoms with Crippen molar-refractivity contribution in [2.75, 3.05) is 6.54 Å². The molecule has 0 fully saturated rings. The highest BCUT2D eigenvalue weighted by Gasteiger charge is 2.18. The fraction of sp³-hybridized carbons (Fsp3) is 0.154. The minimum atomic E-state index is -1.17. The summed E-state index contributed by atoms with van der Waals surface area (Å²) < 4.78 is 0.412. The lowest BCUT2D eigenvalue weighted by atomic mass is 10.1. The number of carboxylic acids is 1. The molecule has 1 aromatic carbocycles. The van der Waals surface area contributed by atoms with Crippen LogP contribution in [-0.2, 0) is 4.79 Å². The molecule has 2 aromatic rings. The van der Waals surface area contributed by atoms with E-state index in [4.69, 9.17) is 5.11 Å². The van der Waals surface area contributed by atoms with E-state index in [-0.39, 0.29) is 11.4 Å². The molecule has 1 amide bonds. The maximum absolute atomic E-state index is 11.8. The first kappa shape index (κ1) is 14.3. The molecule has 104 valence electrons. The zero-order valence-electron chi connectivity index (χ0n) is 10.5. The summed E-state index contributed by atoms with van der Waals surface area (Å²) in [6.07, 6.45) is 0. The number of nitrogens with one attached hydrogen (secondary N) is 1. The van der Waals surface area contributed by atoms with Crippen molar-refractivity contribution in [2.45, 2.75) is 6.92 Å². The van der Waals surface area contributed by atoms with E-state index in [1.807, 2.05) is 13.0 Å². The van der Waals surface area contributed by atoms with Crippen molar-refractivity contribution in [2.24, 2.45) is 0 Å². The Labute approximate surface area is 122 Å². The predicted molar refractivity (Wildman–Crippen MR) is 75.8 cm³/mol. The highest BCUT2D eigenvalue weighted by atomic mass is 79.9. The number of fused-ring (bicyclic) bond motifs is 1. The minimum absolute atomic E-state index is 0.213. The number of aromatic nitrogens is 1. The van der Waals surface area contributed by atoms with Crippen molar-refractivity contribution < 1.29 is 19.8 Å². The molecule has 1 heterocycles. The van der Waals surface area contributed by atoms with Crippen LogP contribution in [0, 0.1) is 6.92 Å². The minimum Gasteiger partial charge on any atom is -0.505 e. The summed E-state index contributed by atoms with van der Waals surface area (Å²) in [5.41, 5.74) is 0.775. The van der Waals surface area contributed by atoms with E-state index < -0.39 is 18.4 Å². The van der Waals surface area contributed by atoms with Crippen LogP contribution in [0.4, 0.5) is 0 Å². The second-order valence-corrected chi connectivity index (χ2v) is 4.98. The van der Waals surface area contributed by atoms with E-state index in [1.54, 1.807) is 12.1 Å². The molecule has 0 unspecified atom stereocenters. The van der Waals surface area contributed by atoms with Crippen molar-refractivity contribution in [3.63, 3.8) is 0 Å². The number of benzene rings is 1. The van der Waals surface area contributed by atoms with Gasteiger partial charge in [0.15, 0.2) is 11.4 Å². The number of aryl methyl sites for hydroxylation is 1. The van der Waals surface area contributed by atoms with E-state index in [0.29, 0.717) is 15.4 Å². The van der Waals surface area contributed by atoms with Crippen molar-refractivity contribution in [1.82, 2.24) is 10.3 Å². The van der Waals surface area contributed by atoms with Gasteiger partial charge in [0.1, 0.15) is 11.1 Å². The monoisotopic (exact) mass is 338 g/mol. The van der Waals surface area contributed by atoms with Crippen LogP contribution in [0.25, 0.3) is 10.8 Å². The second kappa shape index (κ2) is 5.46. The molecule has 0 spiro atoms. The molecule has 1 aromatic heterocycles. The first-order chi connectivity index (χ1) is 9.40. The summed E-state index contributed by atoms with van der Waals surface area (Å²) in [5, 5.41) is 21.9. The summed E-state index contributed by atoms with van der Waals surface area (Å²) in [4.78, 5) is 26.2. The predicted octanol–water partition coefficient (Wildman–Crippen LogP) is 1.83. The highest BCUT2D eigenvalue weighted by Crippen LogP contribution is 2.32. The van der Waals surface area contributed by atoms with Crippen LogP contribution in [-0.4, -0.2) is 33.6 Å². The van der Waals surface area contributed by atoms with Gasteiger partial charge in [-0.25, -0.2) is 4.98 Å². The molecule has 20 heavy (non-hydrogen) atoms. The Bertz CT molecular complexity index is 715. The molecule has 0 saturated carbocycles. The number of nitrogens with zero attached hydrogens (tertiary/aromatic N) is 1. The van der Waals surface area contributed by atoms with Crippen molar-refractivity contribution in [3.8, 4) is 5.75 Å². The number of aliphatic carboxylic acids is 1. The number of halogens is 1. The maximum Gasteiger partial charge on any atom is 0.322 e. The van der Waals surface area contributed by atoms with Crippen LogP contribution >= 0.6 is 15.9 Å². The number of carboxylic acid groups (broad SMARTS) is 1. The van der Waals surface area contributed by atoms with Gasteiger partial charge in [-0.3, -0.25) is 9.59 Å². The first-order valence-corrected chi connectivity index (χ1v) is 6.48. The van der Waals surface area contributed by atoms with Gasteiger partial charge >= 0.3 is 5.97 Å². The fourth-order valence-corrected chi connectivity index (χ4v) is 2.28. The largest absolute Gasteiger partial charge is 0.505 e. The van der Waals surface area contributed by atoms with Crippen LogP contribution in [0.15, 0.2) is 22.8 Å². The van der Waals surface area contributed by atoms with E-state index in [0.717, 1.165) is 5.56 Å². The van der Waals surface area contributed by atoms with Gasteiger partial charge in [-0.05, 0) is 28.9 Å². The van der Waals surface area contributed by atoms with Gasteiger partial charge in [0.05, 0.1) is 0 Å². The number of hydrogen-bond donors (Lipinski definition) is 3. The molecule has 0 aliphatic carbocycles. The van der Waals surface area contributed by atoms with Crippen LogP contribution < -0.4 is 5.32 Å². The highest BCUT2D eigenvalue weighted by molar-refractivity contribution is 9.10. The van der Waals surface area contributed by atoms with Gasteiger partial charge in [0.2, 0.25) is 0 Å². The summed E-state index contributed by atoms with van der Waals surface area (Å²) in [6, 6.07) is 5.30. The fourth-order valence-electron chi connectivity index (χ4n) is 1.77. The lowest BCUT2D eigenvalue weighted by molar-refractivity contribution is -0.135. The molecule has 0 atom stereocenters. The first-order valence-electron chi connectivity index (χ1n) is 5.69. The van der Waals surface area contributed by atoms with Crippen LogP contribution in [0.2, 0.25) is 0 Å². The molecule has 0 bridgehead atoms. The zero-order chi connectivity index (χ0) is 14.9. The molecule has 7 heteroatoms. The summed E-state index contributed by atoms with van der Waals surface area (Å²) >= 11 is 3.25.